The third kappa shape index (κ3) is 2.32. The van der Waals surface area contributed by atoms with Crippen LogP contribution >= 0.6 is 0 Å². The van der Waals surface area contributed by atoms with E-state index >= 15 is 0 Å². The van der Waals surface area contributed by atoms with Crippen LogP contribution in [0.4, 0.5) is 4.39 Å². The normalized spacial score (nSPS) is 24.3. The molecule has 3 nitrogen and oxygen atoms in total. The molecule has 1 aromatic rings. The van der Waals surface area contributed by atoms with Crippen LogP contribution in [0.15, 0.2) is 29.3 Å². The quantitative estimate of drug-likeness (QED) is 0.608. The number of nitrogens with zero attached hydrogens (tertiary/aromatic N) is 2. The van der Waals surface area contributed by atoms with Crippen molar-refractivity contribution in [3.8, 4) is 0 Å². The van der Waals surface area contributed by atoms with Crippen molar-refractivity contribution >= 4 is 5.96 Å². The number of guanidine groups is 1. The first-order valence-corrected chi connectivity index (χ1v) is 5.34. The molecule has 1 fully saturated rings. The maximum Gasteiger partial charge on any atom is 0.191 e. The molecule has 0 bridgehead atoms. The van der Waals surface area contributed by atoms with E-state index in [2.05, 4.69) is 4.99 Å². The summed E-state index contributed by atoms with van der Waals surface area (Å²) in [6.45, 7) is 0. The number of hydrogen-bond acceptors (Lipinski definition) is 1. The molecule has 86 valence electrons. The molecule has 0 amide bonds. The van der Waals surface area contributed by atoms with E-state index in [1.807, 2.05) is 20.2 Å². The molecule has 2 atom stereocenters. The summed E-state index contributed by atoms with van der Waals surface area (Å²) in [6, 6.07) is 6.92. The number of benzene rings is 1. The van der Waals surface area contributed by atoms with Gasteiger partial charge in [0, 0.05) is 20.0 Å². The molecule has 1 aromatic carbocycles. The van der Waals surface area contributed by atoms with Crippen molar-refractivity contribution in [2.75, 3.05) is 14.1 Å². The summed E-state index contributed by atoms with van der Waals surface area (Å²) in [6.07, 6.45) is 0.956. The Balaban J connectivity index is 2.04. The largest absolute Gasteiger partial charge is 0.370 e. The first-order valence-electron chi connectivity index (χ1n) is 5.34. The molecule has 0 heterocycles. The first kappa shape index (κ1) is 10.9. The Morgan fingerprint density at radius 2 is 2.25 bits per heavy atom. The van der Waals surface area contributed by atoms with E-state index < -0.39 is 0 Å². The Morgan fingerprint density at radius 3 is 2.88 bits per heavy atom. The number of halogens is 1. The second-order valence-corrected chi connectivity index (χ2v) is 4.35. The molecule has 1 aliphatic rings. The van der Waals surface area contributed by atoms with Gasteiger partial charge in [0.25, 0.3) is 0 Å². The zero-order valence-corrected chi connectivity index (χ0v) is 9.52. The lowest BCUT2D eigenvalue weighted by atomic mass is 10.1. The van der Waals surface area contributed by atoms with Crippen LogP contribution in [0.25, 0.3) is 0 Å². The van der Waals surface area contributed by atoms with Crippen molar-refractivity contribution in [3.05, 3.63) is 35.6 Å². The zero-order chi connectivity index (χ0) is 11.7. The van der Waals surface area contributed by atoms with Gasteiger partial charge in [-0.15, -0.1) is 0 Å². The summed E-state index contributed by atoms with van der Waals surface area (Å²) < 4.78 is 13.0. The van der Waals surface area contributed by atoms with Crippen molar-refractivity contribution in [1.29, 1.82) is 0 Å². The van der Waals surface area contributed by atoms with Crippen LogP contribution in [0.1, 0.15) is 17.9 Å². The molecular formula is C12H16FN3. The van der Waals surface area contributed by atoms with Gasteiger partial charge in [0.2, 0.25) is 0 Å². The van der Waals surface area contributed by atoms with Crippen molar-refractivity contribution in [2.24, 2.45) is 10.7 Å². The number of nitrogens with two attached hydrogens (primary N) is 1. The maximum absolute atomic E-state index is 13.0. The van der Waals surface area contributed by atoms with Crippen LogP contribution in [0.3, 0.4) is 0 Å². The molecule has 16 heavy (non-hydrogen) atoms. The molecule has 2 N–H and O–H groups in total. The van der Waals surface area contributed by atoms with Gasteiger partial charge in [0.15, 0.2) is 5.96 Å². The molecule has 0 saturated heterocycles. The highest BCUT2D eigenvalue weighted by molar-refractivity contribution is 5.78. The topological polar surface area (TPSA) is 41.6 Å². The second-order valence-electron chi connectivity index (χ2n) is 4.35. The van der Waals surface area contributed by atoms with Crippen LogP contribution in [0, 0.1) is 5.82 Å². The van der Waals surface area contributed by atoms with Gasteiger partial charge < -0.3 is 10.6 Å². The Kier molecular flexibility index (Phi) is 2.81. The number of aliphatic imine (C=N–C) groups is 1. The van der Waals surface area contributed by atoms with Gasteiger partial charge in [0.1, 0.15) is 5.82 Å². The fraction of sp³-hybridized carbons (Fsp3) is 0.417. The van der Waals surface area contributed by atoms with Crippen molar-refractivity contribution in [3.63, 3.8) is 0 Å². The van der Waals surface area contributed by atoms with Gasteiger partial charge in [-0.25, -0.2) is 9.38 Å². The highest BCUT2D eigenvalue weighted by Crippen LogP contribution is 2.43. The Morgan fingerprint density at radius 1 is 1.50 bits per heavy atom. The minimum atomic E-state index is -0.187. The lowest BCUT2D eigenvalue weighted by Gasteiger charge is -2.10. The minimum Gasteiger partial charge on any atom is -0.370 e. The molecule has 0 spiro atoms. The van der Waals surface area contributed by atoms with Gasteiger partial charge in [-0.3, -0.25) is 0 Å². The molecule has 2 rings (SSSR count). The summed E-state index contributed by atoms with van der Waals surface area (Å²) >= 11 is 0. The monoisotopic (exact) mass is 221 g/mol. The lowest BCUT2D eigenvalue weighted by Crippen LogP contribution is -2.30. The molecular weight excluding hydrogens is 205 g/mol. The molecule has 1 saturated carbocycles. The van der Waals surface area contributed by atoms with Gasteiger partial charge in [-0.2, -0.15) is 0 Å². The van der Waals surface area contributed by atoms with Gasteiger partial charge in [-0.05, 0) is 24.1 Å². The first-order chi connectivity index (χ1) is 7.58. The third-order valence-electron chi connectivity index (χ3n) is 2.79. The summed E-state index contributed by atoms with van der Waals surface area (Å²) in [5, 5.41) is 0. The van der Waals surface area contributed by atoms with Gasteiger partial charge in [0.05, 0.1) is 6.04 Å². The number of hydrogen-bond donors (Lipinski definition) is 1. The average Bonchev–Trinajstić information content (AvgIpc) is 2.97. The fourth-order valence-corrected chi connectivity index (χ4v) is 1.71. The average molecular weight is 221 g/mol. The molecule has 1 aliphatic carbocycles. The summed E-state index contributed by atoms with van der Waals surface area (Å²) in [5.41, 5.74) is 6.74. The number of rotatable bonds is 2. The van der Waals surface area contributed by atoms with E-state index in [1.54, 1.807) is 17.0 Å². The molecule has 0 aliphatic heterocycles. The second kappa shape index (κ2) is 4.12. The fourth-order valence-electron chi connectivity index (χ4n) is 1.71. The SMILES string of the molecule is CN(C)C(N)=N[C@@H]1C[C@H]1c1cccc(F)c1. The van der Waals surface area contributed by atoms with Crippen molar-refractivity contribution in [1.82, 2.24) is 4.90 Å². The Bertz CT molecular complexity index is 414. The highest BCUT2D eigenvalue weighted by Gasteiger charge is 2.38. The smallest absolute Gasteiger partial charge is 0.191 e. The Hall–Kier alpha value is -1.58. The summed E-state index contributed by atoms with van der Waals surface area (Å²) in [5.74, 6) is 0.672. The summed E-state index contributed by atoms with van der Waals surface area (Å²) in [7, 11) is 3.72. The van der Waals surface area contributed by atoms with E-state index in [-0.39, 0.29) is 11.9 Å². The van der Waals surface area contributed by atoms with E-state index in [0.29, 0.717) is 11.9 Å². The molecule has 0 radical (unpaired) electrons. The van der Waals surface area contributed by atoms with Crippen LogP contribution in [0.2, 0.25) is 0 Å². The van der Waals surface area contributed by atoms with E-state index in [4.69, 9.17) is 5.73 Å². The van der Waals surface area contributed by atoms with Crippen LogP contribution in [-0.4, -0.2) is 31.0 Å². The van der Waals surface area contributed by atoms with Crippen LogP contribution in [-0.2, 0) is 0 Å². The summed E-state index contributed by atoms with van der Waals surface area (Å²) in [4.78, 5) is 6.15. The Labute approximate surface area is 94.8 Å². The molecule has 0 unspecified atom stereocenters. The van der Waals surface area contributed by atoms with E-state index in [9.17, 15) is 4.39 Å². The van der Waals surface area contributed by atoms with Crippen LogP contribution in [0.5, 0.6) is 0 Å². The van der Waals surface area contributed by atoms with Crippen molar-refractivity contribution in [2.45, 2.75) is 18.4 Å². The third-order valence-corrected chi connectivity index (χ3v) is 2.79. The molecule has 0 aromatic heterocycles. The van der Waals surface area contributed by atoms with Crippen LogP contribution < -0.4 is 5.73 Å². The molecule has 4 heteroatoms. The zero-order valence-electron chi connectivity index (χ0n) is 9.52. The standard InChI is InChI=1S/C12H16FN3/c1-16(2)12(14)15-11-7-10(11)8-4-3-5-9(13)6-8/h3-6,10-11H,7H2,1-2H3,(H2,14,15)/t10-,11+/m0/s1. The maximum atomic E-state index is 13.0. The van der Waals surface area contributed by atoms with E-state index in [0.717, 1.165) is 12.0 Å². The van der Waals surface area contributed by atoms with E-state index in [1.165, 1.54) is 6.07 Å². The van der Waals surface area contributed by atoms with Crippen molar-refractivity contribution < 1.29 is 4.39 Å². The van der Waals surface area contributed by atoms with Gasteiger partial charge in [-0.1, -0.05) is 12.1 Å². The van der Waals surface area contributed by atoms with Gasteiger partial charge >= 0.3 is 0 Å². The minimum absolute atomic E-state index is 0.187. The predicted octanol–water partition coefficient (Wildman–Crippen LogP) is 1.56. The lowest BCUT2D eigenvalue weighted by molar-refractivity contribution is 0.608. The predicted molar refractivity (Wildman–Crippen MR) is 62.9 cm³/mol. The highest BCUT2D eigenvalue weighted by atomic mass is 19.1.